The van der Waals surface area contributed by atoms with Crippen molar-refractivity contribution in [2.75, 3.05) is 7.11 Å². The van der Waals surface area contributed by atoms with Crippen molar-refractivity contribution in [1.29, 1.82) is 0 Å². The highest BCUT2D eigenvalue weighted by molar-refractivity contribution is 6.18. The van der Waals surface area contributed by atoms with Crippen LogP contribution in [0, 0.1) is 13.8 Å². The third kappa shape index (κ3) is 4.42. The topological polar surface area (TPSA) is 127 Å². The molecule has 8 bridgehead atoms. The van der Waals surface area contributed by atoms with Gasteiger partial charge in [0, 0.05) is 46.1 Å². The summed E-state index contributed by atoms with van der Waals surface area (Å²) in [5.74, 6) is -2.25. The number of allylic oxidation sites excluding steroid dienone is 2. The number of nitrogens with one attached hydrogen (secondary N) is 2. The lowest BCUT2D eigenvalue weighted by Gasteiger charge is -2.18. The lowest BCUT2D eigenvalue weighted by Crippen LogP contribution is -2.21. The summed E-state index contributed by atoms with van der Waals surface area (Å²) in [6.45, 7) is 14.1. The van der Waals surface area contributed by atoms with Gasteiger partial charge in [0.15, 0.2) is 0 Å². The van der Waals surface area contributed by atoms with Crippen LogP contribution in [-0.2, 0) is 14.3 Å². The lowest BCUT2D eigenvalue weighted by atomic mass is 9.85. The number of esters is 3. The first-order chi connectivity index (χ1) is 20.6. The van der Waals surface area contributed by atoms with Gasteiger partial charge in [0.25, 0.3) is 0 Å². The van der Waals surface area contributed by atoms with Gasteiger partial charge in [0.05, 0.1) is 35.3 Å². The molecule has 2 N–H and O–H groups in total. The quantitative estimate of drug-likeness (QED) is 0.245. The normalized spacial score (nSPS) is 17.7. The second-order valence-corrected chi connectivity index (χ2v) is 11.4. The van der Waals surface area contributed by atoms with E-state index in [4.69, 9.17) is 19.4 Å². The van der Waals surface area contributed by atoms with Gasteiger partial charge in [0.1, 0.15) is 5.56 Å². The second kappa shape index (κ2) is 10.5. The van der Waals surface area contributed by atoms with Gasteiger partial charge in [-0.2, -0.15) is 0 Å². The Balaban J connectivity index is 1.79. The van der Waals surface area contributed by atoms with E-state index in [0.29, 0.717) is 34.3 Å². The highest BCUT2D eigenvalue weighted by Gasteiger charge is 2.38. The molecule has 0 aliphatic carbocycles. The Bertz CT molecular complexity index is 1960. The molecule has 6 rings (SSSR count). The third-order valence-electron chi connectivity index (χ3n) is 9.11. The fourth-order valence-electron chi connectivity index (χ4n) is 6.58. The molecule has 43 heavy (non-hydrogen) atoms. The van der Waals surface area contributed by atoms with Crippen LogP contribution >= 0.6 is 0 Å². The molecule has 6 heterocycles. The average molecular weight is 579 g/mol. The van der Waals surface area contributed by atoms with Crippen LogP contribution in [0.25, 0.3) is 39.3 Å². The summed E-state index contributed by atoms with van der Waals surface area (Å²) < 4.78 is 10.2. The van der Waals surface area contributed by atoms with E-state index in [1.54, 1.807) is 0 Å². The van der Waals surface area contributed by atoms with Crippen molar-refractivity contribution in [2.24, 2.45) is 0 Å². The summed E-state index contributed by atoms with van der Waals surface area (Å²) in [5, 5.41) is 0. The van der Waals surface area contributed by atoms with Crippen LogP contribution in [0.15, 0.2) is 24.8 Å². The number of hydrogen-bond acceptors (Lipinski definition) is 7. The van der Waals surface area contributed by atoms with Crippen LogP contribution in [0.3, 0.4) is 0 Å². The summed E-state index contributed by atoms with van der Waals surface area (Å²) in [7, 11) is 1.36. The van der Waals surface area contributed by atoms with Crippen LogP contribution in [0.4, 0.5) is 0 Å². The molecule has 0 saturated heterocycles. The maximum atomic E-state index is 13.5. The first-order valence-corrected chi connectivity index (χ1v) is 14.5. The largest absolute Gasteiger partial charge is 0.469 e. The Labute approximate surface area is 249 Å². The molecule has 2 atom stereocenters. The molecular weight excluding hydrogens is 544 g/mol. The number of nitrogens with zero attached hydrogens (tertiary/aromatic N) is 2. The molecule has 9 heteroatoms. The van der Waals surface area contributed by atoms with Crippen molar-refractivity contribution < 1.29 is 23.9 Å². The van der Waals surface area contributed by atoms with Gasteiger partial charge in [-0.05, 0) is 74.1 Å². The van der Waals surface area contributed by atoms with Gasteiger partial charge in [-0.15, -0.1) is 0 Å². The van der Waals surface area contributed by atoms with E-state index in [1.165, 1.54) is 7.11 Å². The number of carbonyl (C=O) groups excluding carboxylic acids is 3. The monoisotopic (exact) mass is 578 g/mol. The molecule has 0 fully saturated rings. The first-order valence-electron chi connectivity index (χ1n) is 14.5. The number of carbonyl (C=O) groups is 3. The molecule has 0 aromatic carbocycles. The van der Waals surface area contributed by atoms with Crippen molar-refractivity contribution in [1.82, 2.24) is 19.9 Å². The fraction of sp³-hybridized carbons (Fsp3) is 0.324. The molecule has 0 spiro atoms. The molecule has 3 aliphatic heterocycles. The zero-order chi connectivity index (χ0) is 30.7. The zero-order valence-electron chi connectivity index (χ0n) is 25.2. The van der Waals surface area contributed by atoms with E-state index in [1.807, 2.05) is 45.0 Å². The number of H-pyrrole nitrogens is 2. The zero-order valence-corrected chi connectivity index (χ0v) is 25.2. The number of fused-ring (bicyclic) bond motifs is 8. The van der Waals surface area contributed by atoms with E-state index in [2.05, 4.69) is 30.4 Å². The molecule has 9 nitrogen and oxygen atoms in total. The summed E-state index contributed by atoms with van der Waals surface area (Å²) in [6, 6.07) is 5.96. The summed E-state index contributed by atoms with van der Waals surface area (Å²) >= 11 is 0. The van der Waals surface area contributed by atoms with Crippen molar-refractivity contribution in [3.63, 3.8) is 0 Å². The van der Waals surface area contributed by atoms with Crippen LogP contribution < -0.4 is 0 Å². The Hall–Kier alpha value is -4.79. The highest BCUT2D eigenvalue weighted by atomic mass is 16.6. The SMILES string of the molecule is C=Cc1c(C)c2cc3nc(c4c5[nH]c(cc6nc(cc1[nH]2)C(C)=C6CC)c(C)c5C(=O)OC4=O)[C@@H](CCC(=O)OC)[C@@H]3C. The van der Waals surface area contributed by atoms with Crippen LogP contribution in [0.5, 0.6) is 0 Å². The van der Waals surface area contributed by atoms with Crippen molar-refractivity contribution in [2.45, 2.75) is 65.7 Å². The minimum absolute atomic E-state index is 0.144. The average Bonchev–Trinajstić information content (AvgIpc) is 3.65. The van der Waals surface area contributed by atoms with Gasteiger partial charge in [0.2, 0.25) is 0 Å². The van der Waals surface area contributed by atoms with Gasteiger partial charge in [-0.25, -0.2) is 14.6 Å². The van der Waals surface area contributed by atoms with Crippen molar-refractivity contribution >= 4 is 57.2 Å². The molecule has 0 saturated carbocycles. The summed E-state index contributed by atoms with van der Waals surface area (Å²) in [6.07, 6.45) is 3.16. The summed E-state index contributed by atoms with van der Waals surface area (Å²) in [5.41, 5.74) is 11.0. The van der Waals surface area contributed by atoms with Gasteiger partial charge < -0.3 is 19.4 Å². The van der Waals surface area contributed by atoms with E-state index >= 15 is 0 Å². The second-order valence-electron chi connectivity index (χ2n) is 11.4. The number of aromatic amines is 2. The molecule has 3 aromatic rings. The van der Waals surface area contributed by atoms with Crippen LogP contribution in [0.1, 0.15) is 112 Å². The molecule has 220 valence electrons. The smallest absolute Gasteiger partial charge is 0.350 e. The van der Waals surface area contributed by atoms with Crippen molar-refractivity contribution in [3.05, 3.63) is 75.4 Å². The number of aromatic nitrogens is 4. The number of methoxy groups -OCH3 is 1. The Morgan fingerprint density at radius 1 is 1.00 bits per heavy atom. The molecular formula is C34H34N4O5. The Kier molecular flexibility index (Phi) is 6.91. The first kappa shape index (κ1) is 28.3. The predicted octanol–water partition coefficient (Wildman–Crippen LogP) is 7.07. The maximum absolute atomic E-state index is 13.5. The van der Waals surface area contributed by atoms with E-state index in [9.17, 15) is 14.4 Å². The fourth-order valence-corrected chi connectivity index (χ4v) is 6.58. The van der Waals surface area contributed by atoms with E-state index < -0.39 is 11.9 Å². The van der Waals surface area contributed by atoms with Gasteiger partial charge in [-0.1, -0.05) is 26.5 Å². The molecule has 3 aromatic heterocycles. The van der Waals surface area contributed by atoms with Gasteiger partial charge in [-0.3, -0.25) is 9.78 Å². The number of hydrogen-bond donors (Lipinski definition) is 2. The van der Waals surface area contributed by atoms with E-state index in [0.717, 1.165) is 56.8 Å². The number of aryl methyl sites for hydroxylation is 2. The van der Waals surface area contributed by atoms with Crippen molar-refractivity contribution in [3.8, 4) is 0 Å². The molecule has 0 amide bonds. The maximum Gasteiger partial charge on any atom is 0.350 e. The minimum Gasteiger partial charge on any atom is -0.469 e. The molecule has 3 aliphatic rings. The third-order valence-corrected chi connectivity index (χ3v) is 9.11. The molecule has 0 unspecified atom stereocenters. The van der Waals surface area contributed by atoms with E-state index in [-0.39, 0.29) is 29.8 Å². The Morgan fingerprint density at radius 3 is 2.40 bits per heavy atom. The molecule has 0 radical (unpaired) electrons. The Morgan fingerprint density at radius 2 is 1.70 bits per heavy atom. The predicted molar refractivity (Wildman–Crippen MR) is 165 cm³/mol. The number of rotatable bonds is 5. The number of ether oxygens (including phenoxy) is 2. The highest BCUT2D eigenvalue weighted by Crippen LogP contribution is 2.44. The number of cyclic esters (lactones) is 2. The standard InChI is InChI=1S/C34H34N4O5/c1-8-19-15(3)22-12-24-17(5)21(10-11-28(39)42-7)31(37-24)30-32-29(33(40)43-34(30)41)18(6)25(38-32)14-27-20(9-2)16(4)23(36-27)13-26(19)35-22/h8,12-14,17,21,35,38H,1,9-11H2,2-7H3/t17-,21-/m0/s1. The van der Waals surface area contributed by atoms with Gasteiger partial charge >= 0.3 is 17.9 Å². The lowest BCUT2D eigenvalue weighted by molar-refractivity contribution is -0.140. The minimum atomic E-state index is -0.762. The summed E-state index contributed by atoms with van der Waals surface area (Å²) in [4.78, 5) is 55.6. The van der Waals surface area contributed by atoms with Crippen LogP contribution in [-0.4, -0.2) is 45.0 Å². The van der Waals surface area contributed by atoms with Crippen LogP contribution in [0.2, 0.25) is 0 Å².